The minimum absolute atomic E-state index is 0.121. The van der Waals surface area contributed by atoms with Gasteiger partial charge in [0.15, 0.2) is 0 Å². The largest absolute Gasteiger partial charge is 0.226 e. The molecule has 0 unspecified atom stereocenters. The Bertz CT molecular complexity index is 500. The summed E-state index contributed by atoms with van der Waals surface area (Å²) in [5, 5.41) is 1.02. The minimum Gasteiger partial charge on any atom is -0.226 e. The van der Waals surface area contributed by atoms with E-state index in [0.717, 1.165) is 5.56 Å². The summed E-state index contributed by atoms with van der Waals surface area (Å²) < 4.78 is 0. The summed E-state index contributed by atoms with van der Waals surface area (Å²) in [7, 11) is 0. The highest BCUT2D eigenvalue weighted by Crippen LogP contribution is 2.31. The lowest BCUT2D eigenvalue weighted by Gasteiger charge is -2.04. The van der Waals surface area contributed by atoms with Crippen molar-refractivity contribution in [2.24, 2.45) is 0 Å². The molecule has 0 amide bonds. The van der Waals surface area contributed by atoms with Gasteiger partial charge in [0.05, 0.1) is 0 Å². The topological polar surface area (TPSA) is 25.8 Å². The first-order valence-electron chi connectivity index (χ1n) is 4.11. The molecule has 0 atom stereocenters. The molecule has 0 saturated heterocycles. The van der Waals surface area contributed by atoms with Gasteiger partial charge in [-0.2, -0.15) is 0 Å². The van der Waals surface area contributed by atoms with Crippen LogP contribution >= 0.6 is 34.8 Å². The van der Waals surface area contributed by atoms with Crippen molar-refractivity contribution >= 4 is 34.8 Å². The standard InChI is InChI=1S/C10H5Cl3N2/c11-8-4-2-1-3-6(8)7-5-14-10(13)15-9(7)12/h1-5H. The molecule has 2 aromatic rings. The number of hydrogen-bond donors (Lipinski definition) is 0. The fraction of sp³-hybridized carbons (Fsp3) is 0. The van der Waals surface area contributed by atoms with Gasteiger partial charge in [0.25, 0.3) is 0 Å². The van der Waals surface area contributed by atoms with Crippen molar-refractivity contribution in [3.63, 3.8) is 0 Å². The van der Waals surface area contributed by atoms with Crippen LogP contribution in [0.3, 0.4) is 0 Å². The van der Waals surface area contributed by atoms with E-state index in [0.29, 0.717) is 15.7 Å². The lowest BCUT2D eigenvalue weighted by atomic mass is 10.1. The van der Waals surface area contributed by atoms with Crippen molar-refractivity contribution in [1.82, 2.24) is 9.97 Å². The summed E-state index contributed by atoms with van der Waals surface area (Å²) in [5.41, 5.74) is 1.47. The molecule has 0 bridgehead atoms. The molecular formula is C10H5Cl3N2. The van der Waals surface area contributed by atoms with Crippen molar-refractivity contribution in [1.29, 1.82) is 0 Å². The third kappa shape index (κ3) is 2.23. The second-order valence-electron chi connectivity index (χ2n) is 2.82. The van der Waals surface area contributed by atoms with E-state index >= 15 is 0 Å². The molecule has 0 fully saturated rings. The van der Waals surface area contributed by atoms with Crippen LogP contribution in [0.15, 0.2) is 30.5 Å². The predicted octanol–water partition coefficient (Wildman–Crippen LogP) is 4.10. The highest BCUT2D eigenvalue weighted by Gasteiger charge is 2.09. The van der Waals surface area contributed by atoms with Crippen LogP contribution in [-0.2, 0) is 0 Å². The normalized spacial score (nSPS) is 10.3. The Labute approximate surface area is 102 Å². The van der Waals surface area contributed by atoms with Crippen molar-refractivity contribution in [2.75, 3.05) is 0 Å². The summed E-state index contributed by atoms with van der Waals surface area (Å²) in [6.07, 6.45) is 1.55. The molecule has 0 spiro atoms. The number of hydrogen-bond acceptors (Lipinski definition) is 2. The number of benzene rings is 1. The van der Waals surface area contributed by atoms with Gasteiger partial charge in [-0.1, -0.05) is 41.4 Å². The average Bonchev–Trinajstić information content (AvgIpc) is 2.20. The summed E-state index contributed by atoms with van der Waals surface area (Å²) in [6.45, 7) is 0. The van der Waals surface area contributed by atoms with E-state index in [-0.39, 0.29) is 5.28 Å². The quantitative estimate of drug-likeness (QED) is 0.569. The maximum atomic E-state index is 6.02. The zero-order chi connectivity index (χ0) is 10.8. The molecule has 2 nitrogen and oxygen atoms in total. The van der Waals surface area contributed by atoms with E-state index < -0.39 is 0 Å². The zero-order valence-corrected chi connectivity index (χ0v) is 9.68. The van der Waals surface area contributed by atoms with Crippen LogP contribution in [0.4, 0.5) is 0 Å². The second-order valence-corrected chi connectivity index (χ2v) is 3.93. The van der Waals surface area contributed by atoms with Crippen molar-refractivity contribution in [3.05, 3.63) is 45.9 Å². The number of rotatable bonds is 1. The Morgan fingerprint density at radius 1 is 0.933 bits per heavy atom. The monoisotopic (exact) mass is 258 g/mol. The number of aromatic nitrogens is 2. The number of nitrogens with zero attached hydrogens (tertiary/aromatic N) is 2. The van der Waals surface area contributed by atoms with Crippen LogP contribution in [0.1, 0.15) is 0 Å². The first-order chi connectivity index (χ1) is 7.18. The molecule has 15 heavy (non-hydrogen) atoms. The lowest BCUT2D eigenvalue weighted by Crippen LogP contribution is -1.88. The molecule has 0 radical (unpaired) electrons. The van der Waals surface area contributed by atoms with E-state index in [1.54, 1.807) is 12.3 Å². The van der Waals surface area contributed by atoms with Crippen LogP contribution in [0.25, 0.3) is 11.1 Å². The SMILES string of the molecule is Clc1ncc(-c2ccccc2Cl)c(Cl)n1. The van der Waals surface area contributed by atoms with Crippen LogP contribution in [0, 0.1) is 0 Å². The first kappa shape index (κ1) is 10.7. The summed E-state index contributed by atoms with van der Waals surface area (Å²) >= 11 is 17.6. The molecule has 1 heterocycles. The molecule has 0 aliphatic carbocycles. The Morgan fingerprint density at radius 2 is 1.67 bits per heavy atom. The highest BCUT2D eigenvalue weighted by molar-refractivity contribution is 6.36. The van der Waals surface area contributed by atoms with Gasteiger partial charge in [0.2, 0.25) is 5.28 Å². The molecular weight excluding hydrogens is 254 g/mol. The molecule has 0 aliphatic heterocycles. The fourth-order valence-electron chi connectivity index (χ4n) is 1.20. The molecule has 76 valence electrons. The molecule has 2 rings (SSSR count). The van der Waals surface area contributed by atoms with Gasteiger partial charge in [-0.05, 0) is 17.7 Å². The molecule has 0 saturated carbocycles. The van der Waals surface area contributed by atoms with Crippen molar-refractivity contribution in [3.8, 4) is 11.1 Å². The maximum absolute atomic E-state index is 6.02. The maximum Gasteiger partial charge on any atom is 0.223 e. The van der Waals surface area contributed by atoms with E-state index in [9.17, 15) is 0 Å². The first-order valence-corrected chi connectivity index (χ1v) is 5.25. The van der Waals surface area contributed by atoms with Crippen LogP contribution in [0.5, 0.6) is 0 Å². The van der Waals surface area contributed by atoms with Crippen LogP contribution in [-0.4, -0.2) is 9.97 Å². The Kier molecular flexibility index (Phi) is 3.10. The van der Waals surface area contributed by atoms with E-state index in [4.69, 9.17) is 34.8 Å². The Balaban J connectivity index is 2.60. The number of halogens is 3. The predicted molar refractivity (Wildman–Crippen MR) is 62.5 cm³/mol. The van der Waals surface area contributed by atoms with Gasteiger partial charge in [-0.25, -0.2) is 9.97 Å². The van der Waals surface area contributed by atoms with Crippen molar-refractivity contribution in [2.45, 2.75) is 0 Å². The third-order valence-electron chi connectivity index (χ3n) is 1.88. The van der Waals surface area contributed by atoms with E-state index in [2.05, 4.69) is 9.97 Å². The summed E-state index contributed by atoms with van der Waals surface area (Å²) in [5.74, 6) is 0. The Hall–Kier alpha value is -0.830. The van der Waals surface area contributed by atoms with Gasteiger partial charge in [0.1, 0.15) is 5.15 Å². The minimum atomic E-state index is 0.121. The third-order valence-corrected chi connectivity index (χ3v) is 2.68. The molecule has 1 aromatic carbocycles. The molecule has 0 aliphatic rings. The molecule has 5 heteroatoms. The van der Waals surface area contributed by atoms with Gasteiger partial charge in [0, 0.05) is 22.3 Å². The average molecular weight is 260 g/mol. The Morgan fingerprint density at radius 3 is 2.33 bits per heavy atom. The second kappa shape index (κ2) is 4.35. The smallest absolute Gasteiger partial charge is 0.223 e. The van der Waals surface area contributed by atoms with Gasteiger partial charge >= 0.3 is 0 Å². The summed E-state index contributed by atoms with van der Waals surface area (Å²) in [4.78, 5) is 7.72. The molecule has 0 N–H and O–H groups in total. The van der Waals surface area contributed by atoms with Gasteiger partial charge in [-0.15, -0.1) is 0 Å². The van der Waals surface area contributed by atoms with Crippen LogP contribution in [0.2, 0.25) is 15.5 Å². The molecule has 1 aromatic heterocycles. The van der Waals surface area contributed by atoms with Gasteiger partial charge in [-0.3, -0.25) is 0 Å². The lowest BCUT2D eigenvalue weighted by molar-refractivity contribution is 1.17. The van der Waals surface area contributed by atoms with E-state index in [1.165, 1.54) is 0 Å². The van der Waals surface area contributed by atoms with Crippen LogP contribution < -0.4 is 0 Å². The fourth-order valence-corrected chi connectivity index (χ4v) is 1.85. The van der Waals surface area contributed by atoms with E-state index in [1.807, 2.05) is 18.2 Å². The zero-order valence-electron chi connectivity index (χ0n) is 7.42. The summed E-state index contributed by atoms with van der Waals surface area (Å²) in [6, 6.07) is 7.34. The van der Waals surface area contributed by atoms with Crippen molar-refractivity contribution < 1.29 is 0 Å². The van der Waals surface area contributed by atoms with Gasteiger partial charge < -0.3 is 0 Å². The highest BCUT2D eigenvalue weighted by atomic mass is 35.5.